The minimum Gasteiger partial charge on any atom is -0.439 e. The fourth-order valence-corrected chi connectivity index (χ4v) is 1.64. The van der Waals surface area contributed by atoms with Crippen LogP contribution in [0.1, 0.15) is 11.1 Å². The summed E-state index contributed by atoms with van der Waals surface area (Å²) < 4.78 is 5.55. The fraction of sp³-hybridized carbons (Fsp3) is 0.167. The van der Waals surface area contributed by atoms with Gasteiger partial charge < -0.3 is 4.74 Å². The number of ether oxygens (including phenoxy) is 1. The van der Waals surface area contributed by atoms with E-state index in [1.165, 1.54) is 12.1 Å². The molecule has 0 aliphatic carbocycles. The number of benzene rings is 1. The monoisotopic (exact) mass is 279 g/mol. The highest BCUT2D eigenvalue weighted by molar-refractivity contribution is 6.28. The average Bonchev–Trinajstić information content (AvgIpc) is 2.33. The Bertz CT molecular complexity index is 646. The zero-order valence-electron chi connectivity index (χ0n) is 10.3. The van der Waals surface area contributed by atoms with Gasteiger partial charge in [0.2, 0.25) is 11.2 Å². The van der Waals surface area contributed by atoms with Gasteiger partial charge in [-0.05, 0) is 37.6 Å². The van der Waals surface area contributed by atoms with Crippen molar-refractivity contribution in [1.82, 2.24) is 9.97 Å². The molecule has 0 fully saturated rings. The number of nitro groups is 1. The highest BCUT2D eigenvalue weighted by Gasteiger charge is 2.12. The van der Waals surface area contributed by atoms with Crippen molar-refractivity contribution < 1.29 is 9.66 Å². The second kappa shape index (κ2) is 5.19. The third kappa shape index (κ3) is 2.97. The Labute approximate surface area is 114 Å². The largest absolute Gasteiger partial charge is 0.439 e. The first kappa shape index (κ1) is 13.2. The lowest BCUT2D eigenvalue weighted by Gasteiger charge is -2.08. The van der Waals surface area contributed by atoms with Gasteiger partial charge in [-0.2, -0.15) is 4.98 Å². The van der Waals surface area contributed by atoms with Gasteiger partial charge in [-0.25, -0.2) is 4.98 Å². The summed E-state index contributed by atoms with van der Waals surface area (Å²) in [6, 6.07) is 4.48. The Kier molecular flexibility index (Phi) is 3.62. The minimum absolute atomic E-state index is 0.0461. The zero-order chi connectivity index (χ0) is 14.0. The Morgan fingerprint density at radius 2 is 2.05 bits per heavy atom. The van der Waals surface area contributed by atoms with Gasteiger partial charge >= 0.3 is 0 Å². The molecule has 19 heavy (non-hydrogen) atoms. The van der Waals surface area contributed by atoms with Crippen LogP contribution < -0.4 is 4.74 Å². The van der Waals surface area contributed by atoms with Gasteiger partial charge in [-0.3, -0.25) is 10.1 Å². The maximum absolute atomic E-state index is 10.7. The first-order chi connectivity index (χ1) is 8.97. The summed E-state index contributed by atoms with van der Waals surface area (Å²) in [4.78, 5) is 18.1. The van der Waals surface area contributed by atoms with Crippen molar-refractivity contribution in [1.29, 1.82) is 0 Å². The van der Waals surface area contributed by atoms with E-state index in [1.807, 2.05) is 0 Å². The number of halogens is 1. The molecule has 0 saturated heterocycles. The van der Waals surface area contributed by atoms with Crippen molar-refractivity contribution in [3.05, 3.63) is 50.9 Å². The Morgan fingerprint density at radius 1 is 1.32 bits per heavy atom. The van der Waals surface area contributed by atoms with Crippen LogP contribution in [0.2, 0.25) is 5.28 Å². The van der Waals surface area contributed by atoms with Crippen LogP contribution in [0.4, 0.5) is 5.69 Å². The normalized spacial score (nSPS) is 10.3. The number of rotatable bonds is 3. The molecule has 0 radical (unpaired) electrons. The number of nitro benzene ring substituents is 1. The summed E-state index contributed by atoms with van der Waals surface area (Å²) in [7, 11) is 0. The number of hydrogen-bond donors (Lipinski definition) is 0. The highest BCUT2D eigenvalue weighted by Crippen LogP contribution is 2.27. The van der Waals surface area contributed by atoms with E-state index in [2.05, 4.69) is 9.97 Å². The van der Waals surface area contributed by atoms with Crippen LogP contribution in [0.3, 0.4) is 0 Å². The summed E-state index contributed by atoms with van der Waals surface area (Å²) in [6.45, 7) is 3.43. The second-order valence-corrected chi connectivity index (χ2v) is 4.27. The van der Waals surface area contributed by atoms with Crippen LogP contribution in [-0.2, 0) is 0 Å². The minimum atomic E-state index is -0.439. The second-order valence-electron chi connectivity index (χ2n) is 3.93. The number of aromatic nitrogens is 2. The van der Waals surface area contributed by atoms with E-state index < -0.39 is 4.92 Å². The van der Waals surface area contributed by atoms with Gasteiger partial charge in [0.05, 0.1) is 4.92 Å². The smallest absolute Gasteiger partial charge is 0.272 e. The molecule has 0 saturated carbocycles. The summed E-state index contributed by atoms with van der Waals surface area (Å²) in [5, 5.41) is 10.8. The van der Waals surface area contributed by atoms with Crippen LogP contribution in [0.5, 0.6) is 11.6 Å². The maximum atomic E-state index is 10.7. The first-order valence-electron chi connectivity index (χ1n) is 5.39. The van der Waals surface area contributed by atoms with E-state index in [4.69, 9.17) is 16.3 Å². The average molecular weight is 280 g/mol. The molecular formula is C12H10ClN3O3. The summed E-state index contributed by atoms with van der Waals surface area (Å²) in [6.07, 6.45) is 1.54. The molecule has 2 rings (SSSR count). The molecule has 1 heterocycles. The molecular weight excluding hydrogens is 270 g/mol. The van der Waals surface area contributed by atoms with Crippen molar-refractivity contribution in [2.24, 2.45) is 0 Å². The van der Waals surface area contributed by atoms with Crippen LogP contribution in [0.25, 0.3) is 0 Å². The molecule has 2 aromatic rings. The van der Waals surface area contributed by atoms with Crippen molar-refractivity contribution in [3.8, 4) is 11.6 Å². The van der Waals surface area contributed by atoms with Crippen LogP contribution in [-0.4, -0.2) is 14.9 Å². The molecule has 7 heteroatoms. The van der Waals surface area contributed by atoms with Crippen LogP contribution in [0.15, 0.2) is 24.4 Å². The van der Waals surface area contributed by atoms with Gasteiger partial charge in [0.1, 0.15) is 5.75 Å². The highest BCUT2D eigenvalue weighted by atomic mass is 35.5. The molecule has 0 unspecified atom stereocenters. The lowest BCUT2D eigenvalue weighted by molar-refractivity contribution is -0.385. The van der Waals surface area contributed by atoms with Gasteiger partial charge in [-0.1, -0.05) is 0 Å². The summed E-state index contributed by atoms with van der Waals surface area (Å²) in [5.41, 5.74) is 1.28. The van der Waals surface area contributed by atoms with Crippen molar-refractivity contribution in [3.63, 3.8) is 0 Å². The molecule has 0 atom stereocenters. The van der Waals surface area contributed by atoms with E-state index >= 15 is 0 Å². The lowest BCUT2D eigenvalue weighted by Crippen LogP contribution is -1.95. The molecule has 98 valence electrons. The molecule has 1 aromatic heterocycles. The number of nitrogens with zero attached hydrogens (tertiary/aromatic N) is 3. The zero-order valence-corrected chi connectivity index (χ0v) is 11.0. The van der Waals surface area contributed by atoms with Crippen molar-refractivity contribution in [2.45, 2.75) is 13.8 Å². The standard InChI is InChI=1S/C12H10ClN3O3/c1-7-5-9(3-4-10(7)16(17)18)19-11-8(2)6-14-12(13)15-11/h3-6H,1-2H3. The van der Waals surface area contributed by atoms with E-state index in [1.54, 1.807) is 26.1 Å². The Balaban J connectivity index is 2.31. The predicted octanol–water partition coefficient (Wildman–Crippen LogP) is 3.45. The Hall–Kier alpha value is -2.21. The third-order valence-corrected chi connectivity index (χ3v) is 2.66. The third-order valence-electron chi connectivity index (χ3n) is 2.48. The number of aryl methyl sites for hydroxylation is 2. The molecule has 0 bridgehead atoms. The molecule has 0 N–H and O–H groups in total. The molecule has 0 amide bonds. The SMILES string of the molecule is Cc1cc(Oc2nc(Cl)ncc2C)ccc1[N+](=O)[O-]. The Morgan fingerprint density at radius 3 is 2.68 bits per heavy atom. The van der Waals surface area contributed by atoms with Crippen LogP contribution in [0, 0.1) is 24.0 Å². The van der Waals surface area contributed by atoms with Crippen LogP contribution >= 0.6 is 11.6 Å². The van der Waals surface area contributed by atoms with E-state index in [0.717, 1.165) is 5.56 Å². The summed E-state index contributed by atoms with van der Waals surface area (Å²) >= 11 is 5.69. The van der Waals surface area contributed by atoms with E-state index in [9.17, 15) is 10.1 Å². The molecule has 6 nitrogen and oxygen atoms in total. The fourth-order valence-electron chi connectivity index (χ4n) is 1.52. The lowest BCUT2D eigenvalue weighted by atomic mass is 10.2. The van der Waals surface area contributed by atoms with E-state index in [0.29, 0.717) is 17.2 Å². The topological polar surface area (TPSA) is 78.2 Å². The van der Waals surface area contributed by atoms with Gasteiger partial charge in [0, 0.05) is 23.4 Å². The molecule has 1 aromatic carbocycles. The van der Waals surface area contributed by atoms with Gasteiger partial charge in [0.25, 0.3) is 5.69 Å². The van der Waals surface area contributed by atoms with Crippen molar-refractivity contribution >= 4 is 17.3 Å². The van der Waals surface area contributed by atoms with E-state index in [-0.39, 0.29) is 11.0 Å². The molecule has 0 spiro atoms. The predicted molar refractivity (Wildman–Crippen MR) is 69.7 cm³/mol. The quantitative estimate of drug-likeness (QED) is 0.488. The van der Waals surface area contributed by atoms with Gasteiger partial charge in [-0.15, -0.1) is 0 Å². The molecule has 0 aliphatic heterocycles. The summed E-state index contributed by atoms with van der Waals surface area (Å²) in [5.74, 6) is 0.786. The van der Waals surface area contributed by atoms with Gasteiger partial charge in [0.15, 0.2) is 0 Å². The first-order valence-corrected chi connectivity index (χ1v) is 5.77. The van der Waals surface area contributed by atoms with Crippen molar-refractivity contribution in [2.75, 3.05) is 0 Å². The molecule has 0 aliphatic rings. The maximum Gasteiger partial charge on any atom is 0.272 e. The number of hydrogen-bond acceptors (Lipinski definition) is 5.